The first-order valence-electron chi connectivity index (χ1n) is 31.8. The van der Waals surface area contributed by atoms with Crippen molar-refractivity contribution in [3.8, 4) is 123 Å². The maximum Gasteiger partial charge on any atom is 0.488 e. The molecule has 2 N–H and O–H groups in total. The predicted octanol–water partition coefficient (Wildman–Crippen LogP) is 20.1. The fourth-order valence-corrected chi connectivity index (χ4v) is 13.2. The first-order valence-corrected chi connectivity index (χ1v) is 35.2. The third-order valence-electron chi connectivity index (χ3n) is 18.0. The minimum absolute atomic E-state index is 0. The number of nitrogens with zero attached hydrogens (tertiary/aromatic N) is 6. The molecule has 14 aromatic rings. The summed E-state index contributed by atoms with van der Waals surface area (Å²) in [4.78, 5) is 28.3. The molecule has 469 valence electrons. The van der Waals surface area contributed by atoms with Crippen molar-refractivity contribution < 1.29 is 42.8 Å². The van der Waals surface area contributed by atoms with Crippen molar-refractivity contribution in [3.05, 3.63) is 331 Å². The Morgan fingerprint density at radius 3 is 1.02 bits per heavy atom. The molecule has 0 spiro atoms. The predicted molar refractivity (Wildman–Crippen MR) is 407 cm³/mol. The second kappa shape index (κ2) is 30.2. The zero-order valence-electron chi connectivity index (χ0n) is 54.1. The van der Waals surface area contributed by atoms with E-state index in [1.807, 2.05) is 109 Å². The number of pyridine rings is 2. The van der Waals surface area contributed by atoms with Gasteiger partial charge in [0.1, 0.15) is 0 Å². The van der Waals surface area contributed by atoms with Gasteiger partial charge in [-0.05, 0) is 126 Å². The molecule has 97 heavy (non-hydrogen) atoms. The molecule has 0 saturated heterocycles. The Labute approximate surface area is 606 Å². The zero-order valence-corrected chi connectivity index (χ0v) is 60.9. The SMILES string of the molecule is Brc1ccc(-c2cc(-c3ccc(-c4cccnc4)cc3)nc(-c3ccccc3)n2)cc1.CC1(C)c2ccccc2-c2cc(-c3ccc(-c4cc(-c5ccc(-c6cccnc6)cc5)nc(-c5ccccc5)n4)cc3)ccc21.CC1(C)c2ccccc2-c2cc(B(O)O)ccc21.PP.[Y]. The average molecular weight is 1440 g/mol. The van der Waals surface area contributed by atoms with Gasteiger partial charge in [0.25, 0.3) is 0 Å². The Morgan fingerprint density at radius 2 is 0.629 bits per heavy atom. The zero-order chi connectivity index (χ0) is 66.3. The van der Waals surface area contributed by atoms with E-state index in [1.165, 1.54) is 50.1 Å². The van der Waals surface area contributed by atoms with Gasteiger partial charge in [-0.25, -0.2) is 19.9 Å². The number of benzene rings is 10. The summed E-state index contributed by atoms with van der Waals surface area (Å²) in [6.07, 6.45) is 7.34. The summed E-state index contributed by atoms with van der Waals surface area (Å²) < 4.78 is 1.04. The molecule has 0 fully saturated rings. The van der Waals surface area contributed by atoms with Gasteiger partial charge in [0.2, 0.25) is 0 Å². The van der Waals surface area contributed by atoms with E-state index in [4.69, 9.17) is 19.9 Å². The third kappa shape index (κ3) is 14.7. The Balaban J connectivity index is 0.000000149. The van der Waals surface area contributed by atoms with Crippen LogP contribution in [-0.2, 0) is 43.5 Å². The molecule has 4 aromatic heterocycles. The molecule has 0 aliphatic heterocycles. The van der Waals surface area contributed by atoms with Gasteiger partial charge in [-0.1, -0.05) is 280 Å². The molecule has 2 unspecified atom stereocenters. The van der Waals surface area contributed by atoms with Crippen molar-refractivity contribution in [1.29, 1.82) is 0 Å². The van der Waals surface area contributed by atoms with E-state index >= 15 is 0 Å². The maximum atomic E-state index is 9.29. The van der Waals surface area contributed by atoms with E-state index < -0.39 is 7.12 Å². The van der Waals surface area contributed by atoms with E-state index in [0.29, 0.717) is 17.1 Å². The van der Waals surface area contributed by atoms with E-state index in [2.05, 4.69) is 247 Å². The molecule has 0 saturated carbocycles. The van der Waals surface area contributed by atoms with Gasteiger partial charge in [-0.3, -0.25) is 9.97 Å². The minimum Gasteiger partial charge on any atom is -0.423 e. The summed E-state index contributed by atoms with van der Waals surface area (Å²) in [6.45, 7) is 9.04. The molecule has 13 heteroatoms. The van der Waals surface area contributed by atoms with Crippen molar-refractivity contribution in [3.63, 3.8) is 0 Å². The molecule has 16 rings (SSSR count). The first-order chi connectivity index (χ1) is 46.8. The van der Waals surface area contributed by atoms with Crippen LogP contribution in [0.5, 0.6) is 0 Å². The molecule has 2 aliphatic carbocycles. The molecule has 2 atom stereocenters. The first kappa shape index (κ1) is 68.0. The van der Waals surface area contributed by atoms with Gasteiger partial charge in [-0.2, -0.15) is 0 Å². The van der Waals surface area contributed by atoms with Crippen LogP contribution in [0.4, 0.5) is 0 Å². The van der Waals surface area contributed by atoms with Gasteiger partial charge in [0, 0.05) is 106 Å². The summed E-state index contributed by atoms with van der Waals surface area (Å²) in [5.74, 6) is 1.43. The van der Waals surface area contributed by atoms with Gasteiger partial charge in [0.15, 0.2) is 11.6 Å². The normalized spacial score (nSPS) is 12.3. The Morgan fingerprint density at radius 1 is 0.309 bits per heavy atom. The largest absolute Gasteiger partial charge is 0.488 e. The van der Waals surface area contributed by atoms with Gasteiger partial charge in [-0.15, -0.1) is 17.9 Å². The number of hydrogen-bond acceptors (Lipinski definition) is 8. The molecule has 4 heterocycles. The van der Waals surface area contributed by atoms with Crippen molar-refractivity contribution in [2.45, 2.75) is 38.5 Å². The van der Waals surface area contributed by atoms with Crippen LogP contribution >= 0.6 is 33.8 Å². The number of halogens is 1. The number of fused-ring (bicyclic) bond motifs is 6. The molecule has 0 bridgehead atoms. The Bertz CT molecular complexity index is 5040. The van der Waals surface area contributed by atoms with Crippen LogP contribution in [0.3, 0.4) is 0 Å². The molecule has 1 radical (unpaired) electrons. The third-order valence-corrected chi connectivity index (χ3v) is 18.5. The Kier molecular flexibility index (Phi) is 21.2. The van der Waals surface area contributed by atoms with Crippen LogP contribution in [0.1, 0.15) is 49.9 Å². The van der Waals surface area contributed by atoms with Gasteiger partial charge < -0.3 is 10.0 Å². The van der Waals surface area contributed by atoms with Crippen LogP contribution in [-0.4, -0.2) is 47.1 Å². The van der Waals surface area contributed by atoms with E-state index in [0.717, 1.165) is 88.4 Å². The topological polar surface area (TPSA) is 118 Å². The van der Waals surface area contributed by atoms with Crippen molar-refractivity contribution in [1.82, 2.24) is 29.9 Å². The number of aromatic nitrogens is 6. The molecule has 2 aliphatic rings. The second-order valence-electron chi connectivity index (χ2n) is 24.7. The van der Waals surface area contributed by atoms with Crippen LogP contribution < -0.4 is 5.46 Å². The van der Waals surface area contributed by atoms with Crippen LogP contribution in [0, 0.1) is 0 Å². The molecular weight excluding hydrogens is 1370 g/mol. The quantitative estimate of drug-likeness (QED) is 0.103. The molecular formula is C84H68BBrN6O2P2Y. The van der Waals surface area contributed by atoms with E-state index in [1.54, 1.807) is 18.5 Å². The summed E-state index contributed by atoms with van der Waals surface area (Å²) >= 11 is 3.51. The average Bonchev–Trinajstić information content (AvgIpc) is 1.58. The number of rotatable bonds is 10. The standard InChI is InChI=1S/C42H31N3.C27H18BrN3.C15H15BO2.H4P2.Y/c1-42(2)37-13-7-6-12-35(37)36-25-33(22-23-38(36)42)28-14-18-30(19-15-28)39-26-40(45-41(44-39)32-9-4-3-5-10-32)31-20-16-29(17-21-31)34-11-8-24-43-27-34;28-24-14-12-21(13-15-24)26-17-25(30-27(31-26)22-5-2-1-3-6-22)20-10-8-19(9-11-20)23-7-4-16-29-18-23;1-15(2)13-6-4-3-5-11(13)12-9-10(16(17)18)7-8-14(12)15;1-2;/h3-27H,1-2H3;1-18H;3-9,17-18H,1-2H3;1-2H2;. The summed E-state index contributed by atoms with van der Waals surface area (Å²) in [6, 6.07) is 96.0. The van der Waals surface area contributed by atoms with Crippen LogP contribution in [0.25, 0.3) is 123 Å². The van der Waals surface area contributed by atoms with E-state index in [-0.39, 0.29) is 43.5 Å². The van der Waals surface area contributed by atoms with Crippen LogP contribution in [0.15, 0.2) is 308 Å². The molecule has 8 nitrogen and oxygen atoms in total. The van der Waals surface area contributed by atoms with Gasteiger partial charge >= 0.3 is 7.12 Å². The van der Waals surface area contributed by atoms with Crippen molar-refractivity contribution in [2.24, 2.45) is 0 Å². The van der Waals surface area contributed by atoms with Crippen molar-refractivity contribution >= 4 is 46.4 Å². The maximum absolute atomic E-state index is 9.29. The minimum atomic E-state index is -1.41. The fraction of sp³-hybridized carbons (Fsp3) is 0.0714. The Hall–Kier alpha value is -8.91. The summed E-state index contributed by atoms with van der Waals surface area (Å²) in [5, 5.41) is 18.6. The monoisotopic (exact) mass is 1430 g/mol. The smallest absolute Gasteiger partial charge is 0.423 e. The fourth-order valence-electron chi connectivity index (χ4n) is 12.9. The van der Waals surface area contributed by atoms with Gasteiger partial charge in [0.05, 0.1) is 22.8 Å². The molecule has 0 amide bonds. The second-order valence-corrected chi connectivity index (χ2v) is 25.6. The van der Waals surface area contributed by atoms with Crippen molar-refractivity contribution in [2.75, 3.05) is 0 Å². The summed E-state index contributed by atoms with van der Waals surface area (Å²) in [7, 11) is 3.26. The van der Waals surface area contributed by atoms with Crippen LogP contribution in [0.2, 0.25) is 0 Å². The summed E-state index contributed by atoms with van der Waals surface area (Å²) in [5.41, 5.74) is 27.4. The number of hydrogen-bond donors (Lipinski definition) is 2. The molecule has 10 aromatic carbocycles. The van der Waals surface area contributed by atoms with E-state index in [9.17, 15) is 10.0 Å².